The fourth-order valence-corrected chi connectivity index (χ4v) is 4.53. The van der Waals surface area contributed by atoms with E-state index in [1.54, 1.807) is 0 Å². The van der Waals surface area contributed by atoms with Crippen LogP contribution in [-0.4, -0.2) is 35.0 Å². The highest BCUT2D eigenvalue weighted by molar-refractivity contribution is 5.95. The fourth-order valence-electron chi connectivity index (χ4n) is 4.53. The van der Waals surface area contributed by atoms with Gasteiger partial charge in [0, 0.05) is 0 Å². The molecule has 0 radical (unpaired) electrons. The minimum Gasteiger partial charge on any atom is -0.394 e. The van der Waals surface area contributed by atoms with Crippen LogP contribution in [-0.2, 0) is 21.4 Å². The SMILES string of the molecule is C[C@](C(=O)N(C=O)[C@@H](CO)Cc1ccccc1)(c1ccccc1)C1CCCC1. The molecule has 2 aromatic carbocycles. The molecule has 4 heteroatoms. The summed E-state index contributed by atoms with van der Waals surface area (Å²) in [5.74, 6) is -0.0171. The van der Waals surface area contributed by atoms with E-state index in [9.17, 15) is 14.7 Å². The Hall–Kier alpha value is -2.46. The highest BCUT2D eigenvalue weighted by Gasteiger charge is 2.47. The molecule has 0 spiro atoms. The Kier molecular flexibility index (Phi) is 6.63. The Morgan fingerprint density at radius 3 is 2.21 bits per heavy atom. The molecule has 3 rings (SSSR count). The van der Waals surface area contributed by atoms with E-state index < -0.39 is 11.5 Å². The lowest BCUT2D eigenvalue weighted by Crippen LogP contribution is -2.53. The van der Waals surface area contributed by atoms with Crippen LogP contribution in [0.1, 0.15) is 43.7 Å². The third kappa shape index (κ3) is 4.02. The van der Waals surface area contributed by atoms with Gasteiger partial charge in [-0.25, -0.2) is 0 Å². The quantitative estimate of drug-likeness (QED) is 0.711. The monoisotopic (exact) mass is 379 g/mol. The molecule has 0 bridgehead atoms. The standard InChI is InChI=1S/C24H29NO3/c1-24(21-14-8-9-15-21,20-12-6-3-7-13-20)23(28)25(18-27)22(17-26)16-19-10-4-2-5-11-19/h2-7,10-13,18,21-22,26H,8-9,14-17H2,1H3/t22-,24+/m1/s1. The smallest absolute Gasteiger partial charge is 0.239 e. The zero-order chi connectivity index (χ0) is 20.0. The van der Waals surface area contributed by atoms with E-state index in [4.69, 9.17) is 0 Å². The Labute approximate surface area is 167 Å². The largest absolute Gasteiger partial charge is 0.394 e. The van der Waals surface area contributed by atoms with Gasteiger partial charge in [-0.15, -0.1) is 0 Å². The molecule has 1 saturated carbocycles. The Morgan fingerprint density at radius 2 is 1.68 bits per heavy atom. The predicted octanol–water partition coefficient (Wildman–Crippen LogP) is 3.72. The van der Waals surface area contributed by atoms with E-state index in [-0.39, 0.29) is 18.4 Å². The van der Waals surface area contributed by atoms with Gasteiger partial charge in [-0.3, -0.25) is 14.5 Å². The van der Waals surface area contributed by atoms with Crippen LogP contribution in [0.25, 0.3) is 0 Å². The number of nitrogens with zero attached hydrogens (tertiary/aromatic N) is 1. The molecular formula is C24H29NO3. The third-order valence-electron chi connectivity index (χ3n) is 6.26. The molecule has 1 aliphatic carbocycles. The Balaban J connectivity index is 1.94. The first-order chi connectivity index (χ1) is 13.6. The number of aliphatic hydroxyl groups is 1. The van der Waals surface area contributed by atoms with Crippen LogP contribution < -0.4 is 0 Å². The van der Waals surface area contributed by atoms with Gasteiger partial charge in [0.2, 0.25) is 12.3 Å². The van der Waals surface area contributed by atoms with E-state index in [0.717, 1.165) is 36.8 Å². The molecule has 4 nitrogen and oxygen atoms in total. The molecular weight excluding hydrogens is 350 g/mol. The number of rotatable bonds is 8. The van der Waals surface area contributed by atoms with Crippen molar-refractivity contribution in [2.75, 3.05) is 6.61 Å². The summed E-state index contributed by atoms with van der Waals surface area (Å²) in [4.78, 5) is 27.0. The molecule has 0 heterocycles. The lowest BCUT2D eigenvalue weighted by Gasteiger charge is -2.39. The first-order valence-electron chi connectivity index (χ1n) is 10.1. The molecule has 148 valence electrons. The van der Waals surface area contributed by atoms with Crippen LogP contribution in [0.5, 0.6) is 0 Å². The van der Waals surface area contributed by atoms with Crippen molar-refractivity contribution in [2.24, 2.45) is 5.92 Å². The Morgan fingerprint density at radius 1 is 1.11 bits per heavy atom. The van der Waals surface area contributed by atoms with Crippen LogP contribution in [0.2, 0.25) is 0 Å². The van der Waals surface area contributed by atoms with Crippen molar-refractivity contribution < 1.29 is 14.7 Å². The number of carbonyl (C=O) groups excluding carboxylic acids is 2. The van der Waals surface area contributed by atoms with Crippen LogP contribution in [0.3, 0.4) is 0 Å². The molecule has 1 fully saturated rings. The zero-order valence-electron chi connectivity index (χ0n) is 16.5. The summed E-state index contributed by atoms with van der Waals surface area (Å²) < 4.78 is 0. The Bertz CT molecular complexity index is 771. The first kappa shape index (κ1) is 20.3. The van der Waals surface area contributed by atoms with Gasteiger partial charge < -0.3 is 5.11 Å². The third-order valence-corrected chi connectivity index (χ3v) is 6.26. The van der Waals surface area contributed by atoms with Gasteiger partial charge >= 0.3 is 0 Å². The number of carbonyl (C=O) groups is 2. The number of aliphatic hydroxyl groups excluding tert-OH is 1. The molecule has 2 amide bonds. The van der Waals surface area contributed by atoms with Gasteiger partial charge in [0.1, 0.15) is 0 Å². The van der Waals surface area contributed by atoms with E-state index in [1.165, 1.54) is 4.90 Å². The van der Waals surface area contributed by atoms with Crippen LogP contribution >= 0.6 is 0 Å². The van der Waals surface area contributed by atoms with E-state index in [1.807, 2.05) is 67.6 Å². The summed E-state index contributed by atoms with van der Waals surface area (Å²) in [5.41, 5.74) is 1.15. The molecule has 2 atom stereocenters. The minimum atomic E-state index is -0.775. The maximum atomic E-state index is 13.8. The van der Waals surface area contributed by atoms with Gasteiger partial charge in [0.25, 0.3) is 0 Å². The minimum absolute atomic E-state index is 0.195. The lowest BCUT2D eigenvalue weighted by atomic mass is 9.69. The molecule has 2 aromatic rings. The topological polar surface area (TPSA) is 57.6 Å². The fraction of sp³-hybridized carbons (Fsp3) is 0.417. The average Bonchev–Trinajstić information content (AvgIpc) is 3.29. The molecule has 0 unspecified atom stereocenters. The van der Waals surface area contributed by atoms with Gasteiger partial charge in [-0.1, -0.05) is 73.5 Å². The van der Waals surface area contributed by atoms with Crippen molar-refractivity contribution in [1.29, 1.82) is 0 Å². The zero-order valence-corrected chi connectivity index (χ0v) is 16.5. The number of hydrogen-bond donors (Lipinski definition) is 1. The number of imide groups is 1. The highest BCUT2D eigenvalue weighted by atomic mass is 16.3. The molecule has 0 aromatic heterocycles. The number of benzene rings is 2. The van der Waals surface area contributed by atoms with Crippen molar-refractivity contribution in [3.8, 4) is 0 Å². The highest BCUT2D eigenvalue weighted by Crippen LogP contribution is 2.43. The second kappa shape index (κ2) is 9.16. The van der Waals surface area contributed by atoms with Crippen molar-refractivity contribution >= 4 is 12.3 Å². The number of hydrogen-bond acceptors (Lipinski definition) is 3. The summed E-state index contributed by atoms with van der Waals surface area (Å²) >= 11 is 0. The maximum Gasteiger partial charge on any atom is 0.239 e. The lowest BCUT2D eigenvalue weighted by molar-refractivity contribution is -0.147. The van der Waals surface area contributed by atoms with Gasteiger partial charge in [0.15, 0.2) is 0 Å². The first-order valence-corrected chi connectivity index (χ1v) is 10.1. The van der Waals surface area contributed by atoms with Crippen molar-refractivity contribution in [2.45, 2.75) is 50.5 Å². The van der Waals surface area contributed by atoms with Crippen LogP contribution in [0.15, 0.2) is 60.7 Å². The number of amides is 2. The maximum absolute atomic E-state index is 13.8. The summed E-state index contributed by atoms with van der Waals surface area (Å²) in [6.45, 7) is 1.71. The summed E-state index contributed by atoms with van der Waals surface area (Å²) in [6.07, 6.45) is 5.21. The second-order valence-corrected chi connectivity index (χ2v) is 7.89. The normalized spacial score (nSPS) is 17.6. The van der Waals surface area contributed by atoms with E-state index in [2.05, 4.69) is 0 Å². The molecule has 0 aliphatic heterocycles. The summed E-state index contributed by atoms with van der Waals surface area (Å²) in [7, 11) is 0. The van der Waals surface area contributed by atoms with Crippen molar-refractivity contribution in [3.05, 3.63) is 71.8 Å². The summed E-state index contributed by atoms with van der Waals surface area (Å²) in [5, 5.41) is 9.99. The van der Waals surface area contributed by atoms with Crippen LogP contribution in [0, 0.1) is 5.92 Å². The van der Waals surface area contributed by atoms with Gasteiger partial charge in [-0.05, 0) is 43.2 Å². The average molecular weight is 380 g/mol. The molecule has 0 saturated heterocycles. The molecule has 1 N–H and O–H groups in total. The van der Waals surface area contributed by atoms with Crippen molar-refractivity contribution in [1.82, 2.24) is 4.90 Å². The van der Waals surface area contributed by atoms with E-state index in [0.29, 0.717) is 12.8 Å². The molecule has 1 aliphatic rings. The molecule has 28 heavy (non-hydrogen) atoms. The second-order valence-electron chi connectivity index (χ2n) is 7.89. The predicted molar refractivity (Wildman–Crippen MR) is 110 cm³/mol. The van der Waals surface area contributed by atoms with Gasteiger partial charge in [-0.2, -0.15) is 0 Å². The summed E-state index contributed by atoms with van der Waals surface area (Å²) in [6, 6.07) is 18.9. The van der Waals surface area contributed by atoms with E-state index >= 15 is 0 Å². The van der Waals surface area contributed by atoms with Crippen molar-refractivity contribution in [3.63, 3.8) is 0 Å². The van der Waals surface area contributed by atoms with Gasteiger partial charge in [0.05, 0.1) is 18.1 Å². The van der Waals surface area contributed by atoms with Crippen LogP contribution in [0.4, 0.5) is 0 Å².